The lowest BCUT2D eigenvalue weighted by Gasteiger charge is -2.02. The van der Waals surface area contributed by atoms with Crippen LogP contribution in [-0.2, 0) is 0 Å². The van der Waals surface area contributed by atoms with Gasteiger partial charge in [0.2, 0.25) is 0 Å². The van der Waals surface area contributed by atoms with Gasteiger partial charge < -0.3 is 10.2 Å². The summed E-state index contributed by atoms with van der Waals surface area (Å²) in [5.74, 6) is 0.987. The molecule has 0 amide bonds. The van der Waals surface area contributed by atoms with Gasteiger partial charge in [0.25, 0.3) is 5.69 Å². The summed E-state index contributed by atoms with van der Waals surface area (Å²) in [7, 11) is 0. The second-order valence-corrected chi connectivity index (χ2v) is 5.03. The first-order valence-corrected chi connectivity index (χ1v) is 6.70. The van der Waals surface area contributed by atoms with Crippen molar-refractivity contribution >= 4 is 27.4 Å². The molecule has 3 rings (SSSR count). The Bertz CT molecular complexity index is 807. The molecular weight excluding hydrogens is 340 g/mol. The van der Waals surface area contributed by atoms with Crippen LogP contribution in [0.3, 0.4) is 0 Å². The van der Waals surface area contributed by atoms with Crippen LogP contribution in [0.5, 0.6) is 0 Å². The van der Waals surface area contributed by atoms with Crippen LogP contribution in [0.15, 0.2) is 51.6 Å². The summed E-state index contributed by atoms with van der Waals surface area (Å²) in [5, 5.41) is 15.0. The fraction of sp³-hybridized carbons (Fsp3) is 0. The summed E-state index contributed by atoms with van der Waals surface area (Å²) in [4.78, 5) is 10.2. The first-order chi connectivity index (χ1) is 10.0. The molecule has 0 aliphatic heterocycles. The zero-order chi connectivity index (χ0) is 15.0. The Morgan fingerprint density at radius 3 is 2.52 bits per heavy atom. The minimum atomic E-state index is -0.456. The predicted octanol–water partition coefficient (Wildman–Crippen LogP) is 3.39. The molecule has 0 atom stereocenters. The number of anilines is 1. The average molecular weight is 349 g/mol. The Hall–Kier alpha value is -2.61. The Balaban J connectivity index is 1.99. The lowest BCUT2D eigenvalue weighted by molar-refractivity contribution is -0.384. The number of aromatic nitrogens is 2. The third-order valence-corrected chi connectivity index (χ3v) is 3.29. The van der Waals surface area contributed by atoms with Gasteiger partial charge in [-0.25, -0.2) is 4.68 Å². The second kappa shape index (κ2) is 5.06. The van der Waals surface area contributed by atoms with Crippen LogP contribution in [-0.4, -0.2) is 14.7 Å². The number of rotatable bonds is 3. The van der Waals surface area contributed by atoms with Gasteiger partial charge >= 0.3 is 0 Å². The van der Waals surface area contributed by atoms with Crippen LogP contribution < -0.4 is 5.73 Å². The molecule has 7 nitrogen and oxygen atoms in total. The molecule has 2 heterocycles. The highest BCUT2D eigenvalue weighted by Gasteiger charge is 2.13. The minimum Gasteiger partial charge on any atom is -0.448 e. The maximum Gasteiger partial charge on any atom is 0.269 e. The maximum absolute atomic E-state index is 10.6. The van der Waals surface area contributed by atoms with Crippen LogP contribution >= 0.6 is 15.9 Å². The first kappa shape index (κ1) is 13.4. The monoisotopic (exact) mass is 348 g/mol. The van der Waals surface area contributed by atoms with Gasteiger partial charge in [0.05, 0.1) is 10.6 Å². The molecule has 0 aliphatic rings. The van der Waals surface area contributed by atoms with Crippen LogP contribution in [0.25, 0.3) is 17.1 Å². The molecule has 0 unspecified atom stereocenters. The van der Waals surface area contributed by atoms with Crippen molar-refractivity contribution in [3.8, 4) is 17.1 Å². The number of nitro groups is 1. The van der Waals surface area contributed by atoms with E-state index >= 15 is 0 Å². The highest BCUT2D eigenvalue weighted by atomic mass is 79.9. The summed E-state index contributed by atoms with van der Waals surface area (Å²) in [6.45, 7) is 0. The number of halogens is 1. The van der Waals surface area contributed by atoms with E-state index in [2.05, 4.69) is 21.0 Å². The van der Waals surface area contributed by atoms with Crippen molar-refractivity contribution in [2.24, 2.45) is 0 Å². The van der Waals surface area contributed by atoms with Crippen molar-refractivity contribution in [1.82, 2.24) is 9.78 Å². The van der Waals surface area contributed by atoms with Crippen LogP contribution in [0, 0.1) is 10.1 Å². The molecule has 0 aliphatic carbocycles. The third-order valence-electron chi connectivity index (χ3n) is 2.87. The van der Waals surface area contributed by atoms with Crippen LogP contribution in [0.4, 0.5) is 11.5 Å². The molecule has 2 aromatic heterocycles. The summed E-state index contributed by atoms with van der Waals surface area (Å²) in [6, 6.07) is 11.2. The van der Waals surface area contributed by atoms with Crippen molar-refractivity contribution in [2.75, 3.05) is 5.73 Å². The number of nitro benzene ring substituents is 1. The lowest BCUT2D eigenvalue weighted by atomic mass is 10.3. The van der Waals surface area contributed by atoms with Crippen molar-refractivity contribution in [1.29, 1.82) is 0 Å². The van der Waals surface area contributed by atoms with Crippen LogP contribution in [0.2, 0.25) is 0 Å². The predicted molar refractivity (Wildman–Crippen MR) is 80.0 cm³/mol. The highest BCUT2D eigenvalue weighted by Crippen LogP contribution is 2.27. The normalized spacial score (nSPS) is 10.7. The topological polar surface area (TPSA) is 100 Å². The van der Waals surface area contributed by atoms with Gasteiger partial charge in [-0.2, -0.15) is 5.10 Å². The van der Waals surface area contributed by atoms with E-state index in [9.17, 15) is 10.1 Å². The molecule has 21 heavy (non-hydrogen) atoms. The molecule has 2 N–H and O–H groups in total. The Morgan fingerprint density at radius 1 is 1.24 bits per heavy atom. The smallest absolute Gasteiger partial charge is 0.269 e. The number of non-ortho nitro benzene ring substituents is 1. The van der Waals surface area contributed by atoms with E-state index in [0.717, 1.165) is 0 Å². The maximum atomic E-state index is 10.6. The van der Waals surface area contributed by atoms with Crippen molar-refractivity contribution < 1.29 is 9.34 Å². The number of hydrogen-bond donors (Lipinski definition) is 1. The number of hydrogen-bond acceptors (Lipinski definition) is 5. The third kappa shape index (κ3) is 2.52. The molecule has 0 saturated heterocycles. The van der Waals surface area contributed by atoms with Crippen molar-refractivity contribution in [3.63, 3.8) is 0 Å². The van der Waals surface area contributed by atoms with Gasteiger partial charge in [-0.1, -0.05) is 0 Å². The Kier molecular flexibility index (Phi) is 3.22. The van der Waals surface area contributed by atoms with E-state index in [4.69, 9.17) is 10.2 Å². The molecular formula is C13H9BrN4O3. The zero-order valence-corrected chi connectivity index (χ0v) is 12.1. The number of furan rings is 1. The van der Waals surface area contributed by atoms with Gasteiger partial charge in [0.15, 0.2) is 10.4 Å². The first-order valence-electron chi connectivity index (χ1n) is 5.90. The van der Waals surface area contributed by atoms with Gasteiger partial charge in [0, 0.05) is 18.2 Å². The van der Waals surface area contributed by atoms with Gasteiger partial charge in [-0.05, 0) is 40.2 Å². The number of benzene rings is 1. The zero-order valence-electron chi connectivity index (χ0n) is 10.6. The van der Waals surface area contributed by atoms with E-state index < -0.39 is 4.92 Å². The second-order valence-electron chi connectivity index (χ2n) is 4.24. The molecule has 0 fully saturated rings. The average Bonchev–Trinajstić information content (AvgIpc) is 3.05. The fourth-order valence-corrected chi connectivity index (χ4v) is 2.20. The van der Waals surface area contributed by atoms with Gasteiger partial charge in [0.1, 0.15) is 11.5 Å². The number of nitrogen functional groups attached to an aromatic ring is 1. The fourth-order valence-electron chi connectivity index (χ4n) is 1.89. The van der Waals surface area contributed by atoms with E-state index in [-0.39, 0.29) is 5.69 Å². The molecule has 0 bridgehead atoms. The molecule has 3 aromatic rings. The lowest BCUT2D eigenvalue weighted by Crippen LogP contribution is -2.01. The van der Waals surface area contributed by atoms with E-state index in [1.165, 1.54) is 16.8 Å². The summed E-state index contributed by atoms with van der Waals surface area (Å²) >= 11 is 3.22. The standard InChI is InChI=1S/C13H9BrN4O3/c14-12-6-5-11(21-12)10-7-13(15)17(16-10)8-1-3-9(4-2-8)18(19)20/h1-7H,15H2. The molecule has 0 spiro atoms. The molecule has 1 aromatic carbocycles. The molecule has 106 valence electrons. The number of nitrogens with zero attached hydrogens (tertiary/aromatic N) is 3. The summed E-state index contributed by atoms with van der Waals surface area (Å²) in [6.07, 6.45) is 0. The van der Waals surface area contributed by atoms with Gasteiger partial charge in [-0.15, -0.1) is 0 Å². The Labute approximate surface area is 127 Å². The number of nitrogens with two attached hydrogens (primary N) is 1. The van der Waals surface area contributed by atoms with Crippen molar-refractivity contribution in [3.05, 3.63) is 57.2 Å². The molecule has 0 saturated carbocycles. The Morgan fingerprint density at radius 2 is 1.95 bits per heavy atom. The quantitative estimate of drug-likeness (QED) is 0.577. The SMILES string of the molecule is Nc1cc(-c2ccc(Br)o2)nn1-c1ccc([N+](=O)[O-])cc1. The molecule has 8 heteroatoms. The minimum absolute atomic E-state index is 0.0136. The summed E-state index contributed by atoms with van der Waals surface area (Å²) < 4.78 is 7.51. The van der Waals surface area contributed by atoms with E-state index in [0.29, 0.717) is 27.6 Å². The van der Waals surface area contributed by atoms with Crippen molar-refractivity contribution in [2.45, 2.75) is 0 Å². The summed E-state index contributed by atoms with van der Waals surface area (Å²) in [5.41, 5.74) is 7.16. The molecule has 0 radical (unpaired) electrons. The van der Waals surface area contributed by atoms with Gasteiger partial charge in [-0.3, -0.25) is 10.1 Å². The van der Waals surface area contributed by atoms with Crippen LogP contribution in [0.1, 0.15) is 0 Å². The highest BCUT2D eigenvalue weighted by molar-refractivity contribution is 9.10. The van der Waals surface area contributed by atoms with E-state index in [1.54, 1.807) is 30.3 Å². The largest absolute Gasteiger partial charge is 0.448 e. The van der Waals surface area contributed by atoms with E-state index in [1.807, 2.05) is 0 Å².